The van der Waals surface area contributed by atoms with Crippen LogP contribution < -0.4 is 5.32 Å². The van der Waals surface area contributed by atoms with Crippen LogP contribution in [0, 0.1) is 6.92 Å². The minimum absolute atomic E-state index is 0.0907. The molecule has 1 saturated carbocycles. The number of anilines is 1. The van der Waals surface area contributed by atoms with E-state index in [-0.39, 0.29) is 12.1 Å². The quantitative estimate of drug-likeness (QED) is 0.393. The maximum absolute atomic E-state index is 10.0. The van der Waals surface area contributed by atoms with Crippen molar-refractivity contribution >= 4 is 22.8 Å². The summed E-state index contributed by atoms with van der Waals surface area (Å²) in [4.78, 5) is 4.58. The molecule has 1 aliphatic rings. The number of aliphatic hydroxyl groups is 1. The molecule has 34 heavy (non-hydrogen) atoms. The highest BCUT2D eigenvalue weighted by atomic mass is 32.1. The van der Waals surface area contributed by atoms with Gasteiger partial charge >= 0.3 is 0 Å². The van der Waals surface area contributed by atoms with Gasteiger partial charge in [0, 0.05) is 42.1 Å². The molecule has 1 fully saturated rings. The van der Waals surface area contributed by atoms with Gasteiger partial charge in [0.25, 0.3) is 0 Å². The van der Waals surface area contributed by atoms with Gasteiger partial charge in [0.2, 0.25) is 5.95 Å². The predicted octanol–water partition coefficient (Wildman–Crippen LogP) is 3.27. The normalized spacial score (nSPS) is 19.5. The van der Waals surface area contributed by atoms with Gasteiger partial charge in [0.15, 0.2) is 0 Å². The second-order valence-corrected chi connectivity index (χ2v) is 10.3. The Morgan fingerprint density at radius 2 is 2.06 bits per heavy atom. The van der Waals surface area contributed by atoms with Crippen LogP contribution in [-0.2, 0) is 11.3 Å². The highest BCUT2D eigenvalue weighted by molar-refractivity contribution is 7.11. The average Bonchev–Trinajstić information content (AvgIpc) is 3.53. The molecule has 2 N–H and O–H groups in total. The maximum Gasteiger partial charge on any atom is 0.241 e. The van der Waals surface area contributed by atoms with Crippen LogP contribution >= 0.6 is 11.3 Å². The van der Waals surface area contributed by atoms with Gasteiger partial charge in [-0.05, 0) is 45.6 Å². The lowest BCUT2D eigenvalue weighted by Crippen LogP contribution is -2.23. The van der Waals surface area contributed by atoms with Gasteiger partial charge in [-0.25, -0.2) is 9.50 Å². The van der Waals surface area contributed by atoms with Gasteiger partial charge in [-0.15, -0.1) is 15.3 Å². The molecule has 0 bridgehead atoms. The maximum atomic E-state index is 10.0. The summed E-state index contributed by atoms with van der Waals surface area (Å²) in [6.07, 6.45) is 9.09. The van der Waals surface area contributed by atoms with Gasteiger partial charge in [0.05, 0.1) is 37.2 Å². The smallest absolute Gasteiger partial charge is 0.241 e. The molecule has 1 atom stereocenters. The fraction of sp³-hybridized carbons (Fsp3) is 0.522. The third-order valence-electron chi connectivity index (χ3n) is 6.26. The Labute approximate surface area is 202 Å². The molecule has 4 aromatic heterocycles. The average molecular weight is 483 g/mol. The van der Waals surface area contributed by atoms with Crippen LogP contribution in [0.15, 0.2) is 24.7 Å². The second kappa shape index (κ2) is 9.77. The Bertz CT molecular complexity index is 1260. The fourth-order valence-electron chi connectivity index (χ4n) is 4.62. The largest absolute Gasteiger partial charge is 0.393 e. The van der Waals surface area contributed by atoms with E-state index < -0.39 is 0 Å². The minimum Gasteiger partial charge on any atom is -0.393 e. The lowest BCUT2D eigenvalue weighted by atomic mass is 9.85. The molecule has 4 heterocycles. The van der Waals surface area contributed by atoms with Crippen molar-refractivity contribution in [3.63, 3.8) is 0 Å². The Hall–Kier alpha value is -2.89. The van der Waals surface area contributed by atoms with E-state index in [1.807, 2.05) is 41.6 Å². The number of aromatic nitrogens is 7. The molecule has 0 radical (unpaired) electrons. The fourth-order valence-corrected chi connectivity index (χ4v) is 5.32. The van der Waals surface area contributed by atoms with Crippen molar-refractivity contribution in [2.75, 3.05) is 19.0 Å². The zero-order valence-electron chi connectivity index (χ0n) is 19.7. The Kier molecular flexibility index (Phi) is 6.57. The first-order valence-electron chi connectivity index (χ1n) is 11.6. The van der Waals surface area contributed by atoms with Crippen molar-refractivity contribution in [3.8, 4) is 11.1 Å². The molecule has 10 nitrogen and oxygen atoms in total. The number of aryl methyl sites for hydroxylation is 1. The standard InChI is InChI=1S/C23H30N8O2S/c1-14(13-33-3)26-23-24-10-21-19(8-20(31(21)29-23)16-4-6-18(32)7-5-16)17-9-25-30(11-17)12-22-28-27-15(2)34-22/h8-11,14,16,18,32H,4-7,12-13H2,1-3H3,(H,26,29)/t14-,16-,18-/m0/s1. The minimum atomic E-state index is -0.203. The highest BCUT2D eigenvalue weighted by Gasteiger charge is 2.26. The predicted molar refractivity (Wildman–Crippen MR) is 130 cm³/mol. The van der Waals surface area contributed by atoms with Crippen LogP contribution in [0.2, 0.25) is 0 Å². The van der Waals surface area contributed by atoms with Crippen LogP contribution in [0.4, 0.5) is 5.95 Å². The molecule has 0 unspecified atom stereocenters. The van der Waals surface area contributed by atoms with Gasteiger partial charge in [-0.1, -0.05) is 11.3 Å². The summed E-state index contributed by atoms with van der Waals surface area (Å²) in [5, 5.41) is 32.9. The molecule has 5 rings (SSSR count). The van der Waals surface area contributed by atoms with E-state index in [9.17, 15) is 5.11 Å². The molecule has 0 saturated heterocycles. The van der Waals surface area contributed by atoms with Crippen molar-refractivity contribution in [1.82, 2.24) is 34.6 Å². The number of hydrogen-bond donors (Lipinski definition) is 2. The Morgan fingerprint density at radius 3 is 2.79 bits per heavy atom. The molecule has 0 spiro atoms. The lowest BCUT2D eigenvalue weighted by Gasteiger charge is -2.25. The van der Waals surface area contributed by atoms with Crippen LogP contribution in [0.3, 0.4) is 0 Å². The van der Waals surface area contributed by atoms with E-state index in [2.05, 4.69) is 31.7 Å². The molecule has 1 aliphatic carbocycles. The molecular formula is C23H30N8O2S. The van der Waals surface area contributed by atoms with Gasteiger partial charge in [0.1, 0.15) is 10.0 Å². The number of aliphatic hydroxyl groups excluding tert-OH is 1. The van der Waals surface area contributed by atoms with Crippen LogP contribution in [0.5, 0.6) is 0 Å². The Balaban J connectivity index is 1.50. The van der Waals surface area contributed by atoms with E-state index in [0.717, 1.165) is 58.0 Å². The summed E-state index contributed by atoms with van der Waals surface area (Å²) in [5.41, 5.74) is 4.15. The van der Waals surface area contributed by atoms with Gasteiger partial charge < -0.3 is 15.2 Å². The Morgan fingerprint density at radius 1 is 1.24 bits per heavy atom. The zero-order chi connectivity index (χ0) is 23.7. The first-order chi connectivity index (χ1) is 16.5. The zero-order valence-corrected chi connectivity index (χ0v) is 20.5. The SMILES string of the molecule is COC[C@H](C)Nc1ncc2c(-c3cnn(Cc4nnc(C)s4)c3)cc([C@H]3CC[C@H](O)CC3)n2n1. The van der Waals surface area contributed by atoms with Crippen molar-refractivity contribution in [2.24, 2.45) is 0 Å². The summed E-state index contributed by atoms with van der Waals surface area (Å²) < 4.78 is 9.13. The van der Waals surface area contributed by atoms with E-state index >= 15 is 0 Å². The van der Waals surface area contributed by atoms with E-state index in [1.54, 1.807) is 18.4 Å². The number of rotatable bonds is 8. The number of nitrogens with one attached hydrogen (secondary N) is 1. The molecule has 11 heteroatoms. The molecular weight excluding hydrogens is 452 g/mol. The molecule has 0 aliphatic heterocycles. The number of ether oxygens (including phenoxy) is 1. The summed E-state index contributed by atoms with van der Waals surface area (Å²) in [7, 11) is 1.68. The molecule has 0 aromatic carbocycles. The summed E-state index contributed by atoms with van der Waals surface area (Å²) in [6, 6.07) is 2.30. The monoisotopic (exact) mass is 482 g/mol. The third kappa shape index (κ3) is 4.82. The van der Waals surface area contributed by atoms with Crippen molar-refractivity contribution in [3.05, 3.63) is 40.4 Å². The number of fused-ring (bicyclic) bond motifs is 1. The van der Waals surface area contributed by atoms with Crippen molar-refractivity contribution in [2.45, 2.75) is 64.1 Å². The number of hydrogen-bond acceptors (Lipinski definition) is 9. The van der Waals surface area contributed by atoms with Crippen LogP contribution in [-0.4, -0.2) is 65.5 Å². The van der Waals surface area contributed by atoms with Crippen molar-refractivity contribution in [1.29, 1.82) is 0 Å². The highest BCUT2D eigenvalue weighted by Crippen LogP contribution is 2.37. The molecule has 4 aromatic rings. The lowest BCUT2D eigenvalue weighted by molar-refractivity contribution is 0.121. The summed E-state index contributed by atoms with van der Waals surface area (Å²) in [6.45, 7) is 5.15. The van der Waals surface area contributed by atoms with E-state index in [0.29, 0.717) is 25.0 Å². The van der Waals surface area contributed by atoms with Crippen LogP contribution in [0.1, 0.15) is 54.2 Å². The first kappa shape index (κ1) is 22.9. The second-order valence-electron chi connectivity index (χ2n) is 9.01. The van der Waals surface area contributed by atoms with Crippen LogP contribution in [0.25, 0.3) is 16.6 Å². The van der Waals surface area contributed by atoms with E-state index in [4.69, 9.17) is 9.84 Å². The third-order valence-corrected chi connectivity index (χ3v) is 7.08. The topological polar surface area (TPSA) is 115 Å². The summed E-state index contributed by atoms with van der Waals surface area (Å²) in [5.74, 6) is 0.904. The number of methoxy groups -OCH3 is 1. The number of nitrogens with zero attached hydrogens (tertiary/aromatic N) is 7. The first-order valence-corrected chi connectivity index (χ1v) is 12.5. The van der Waals surface area contributed by atoms with Crippen molar-refractivity contribution < 1.29 is 9.84 Å². The van der Waals surface area contributed by atoms with Gasteiger partial charge in [-0.2, -0.15) is 5.10 Å². The summed E-state index contributed by atoms with van der Waals surface area (Å²) >= 11 is 1.58. The molecule has 180 valence electrons. The van der Waals surface area contributed by atoms with E-state index in [1.165, 1.54) is 0 Å². The molecule has 0 amide bonds. The van der Waals surface area contributed by atoms with Gasteiger partial charge in [-0.3, -0.25) is 4.68 Å².